The first-order chi connectivity index (χ1) is 10.00. The second kappa shape index (κ2) is 6.54. The van der Waals surface area contributed by atoms with Gasteiger partial charge in [-0.3, -0.25) is 4.79 Å². The number of methoxy groups -OCH3 is 2. The van der Waals surface area contributed by atoms with E-state index in [1.807, 2.05) is 0 Å². The van der Waals surface area contributed by atoms with Crippen molar-refractivity contribution >= 4 is 23.2 Å². The van der Waals surface area contributed by atoms with Crippen LogP contribution >= 0.6 is 11.6 Å². The summed E-state index contributed by atoms with van der Waals surface area (Å²) in [5.41, 5.74) is 5.94. The molecule has 3 N–H and O–H groups in total. The highest BCUT2D eigenvalue weighted by atomic mass is 35.5. The van der Waals surface area contributed by atoms with Gasteiger partial charge < -0.3 is 20.5 Å². The molecule has 1 saturated carbocycles. The molecule has 1 aromatic carbocycles. The zero-order chi connectivity index (χ0) is 15.5. The first kappa shape index (κ1) is 15.9. The summed E-state index contributed by atoms with van der Waals surface area (Å²) in [6, 6.07) is 3.26. The SMILES string of the molecule is COc1cc(NC(=O)C2(N)CCCCC2)c(OC)cc1Cl. The molecule has 5 nitrogen and oxygen atoms in total. The van der Waals surface area contributed by atoms with Crippen LogP contribution in [0.5, 0.6) is 11.5 Å². The van der Waals surface area contributed by atoms with Gasteiger partial charge in [-0.1, -0.05) is 30.9 Å². The number of nitrogens with two attached hydrogens (primary N) is 1. The largest absolute Gasteiger partial charge is 0.495 e. The van der Waals surface area contributed by atoms with Crippen LogP contribution in [0.15, 0.2) is 12.1 Å². The van der Waals surface area contributed by atoms with Crippen LogP contribution < -0.4 is 20.5 Å². The molecule has 1 aliphatic rings. The number of halogens is 1. The fourth-order valence-corrected chi connectivity index (χ4v) is 2.85. The van der Waals surface area contributed by atoms with E-state index >= 15 is 0 Å². The molecule has 1 aliphatic carbocycles. The van der Waals surface area contributed by atoms with Gasteiger partial charge >= 0.3 is 0 Å². The minimum atomic E-state index is -0.809. The van der Waals surface area contributed by atoms with Gasteiger partial charge in [-0.15, -0.1) is 0 Å². The van der Waals surface area contributed by atoms with Crippen molar-refractivity contribution in [3.63, 3.8) is 0 Å². The molecule has 1 fully saturated rings. The summed E-state index contributed by atoms with van der Waals surface area (Å²) in [5.74, 6) is 0.765. The monoisotopic (exact) mass is 312 g/mol. The van der Waals surface area contributed by atoms with E-state index in [1.165, 1.54) is 14.2 Å². The highest BCUT2D eigenvalue weighted by Gasteiger charge is 2.35. The van der Waals surface area contributed by atoms with Crippen LogP contribution in [0.3, 0.4) is 0 Å². The smallest absolute Gasteiger partial charge is 0.244 e. The number of rotatable bonds is 4. The Bertz CT molecular complexity index is 528. The van der Waals surface area contributed by atoms with Gasteiger partial charge in [-0.05, 0) is 12.8 Å². The molecule has 0 heterocycles. The summed E-state index contributed by atoms with van der Waals surface area (Å²) in [4.78, 5) is 12.5. The van der Waals surface area contributed by atoms with Gasteiger partial charge in [-0.2, -0.15) is 0 Å². The predicted molar refractivity (Wildman–Crippen MR) is 83.2 cm³/mol. The minimum Gasteiger partial charge on any atom is -0.495 e. The Morgan fingerprint density at radius 3 is 2.38 bits per heavy atom. The van der Waals surface area contributed by atoms with Crippen LogP contribution in [0.4, 0.5) is 5.69 Å². The summed E-state index contributed by atoms with van der Waals surface area (Å²) in [7, 11) is 3.04. The number of carbonyl (C=O) groups excluding carboxylic acids is 1. The topological polar surface area (TPSA) is 73.6 Å². The molecule has 116 valence electrons. The summed E-state index contributed by atoms with van der Waals surface area (Å²) in [6.45, 7) is 0. The second-order valence-corrected chi connectivity index (χ2v) is 5.77. The summed E-state index contributed by atoms with van der Waals surface area (Å²) < 4.78 is 10.4. The number of nitrogens with one attached hydrogen (secondary N) is 1. The third-order valence-electron chi connectivity index (χ3n) is 3.92. The lowest BCUT2D eigenvalue weighted by atomic mass is 9.82. The number of carbonyl (C=O) groups is 1. The Kier molecular flexibility index (Phi) is 4.96. The van der Waals surface area contributed by atoms with Crippen LogP contribution in [0.1, 0.15) is 32.1 Å². The normalized spacial score (nSPS) is 17.1. The third kappa shape index (κ3) is 3.41. The molecule has 0 unspecified atom stereocenters. The molecule has 0 bridgehead atoms. The number of hydrogen-bond donors (Lipinski definition) is 2. The van der Waals surface area contributed by atoms with Crippen molar-refractivity contribution in [2.45, 2.75) is 37.6 Å². The number of benzene rings is 1. The summed E-state index contributed by atoms with van der Waals surface area (Å²) in [5, 5.41) is 3.27. The molecule has 2 rings (SSSR count). The Labute approximate surface area is 129 Å². The second-order valence-electron chi connectivity index (χ2n) is 5.36. The zero-order valence-corrected chi connectivity index (χ0v) is 13.1. The number of hydrogen-bond acceptors (Lipinski definition) is 4. The fraction of sp³-hybridized carbons (Fsp3) is 0.533. The molecule has 1 aromatic rings. The lowest BCUT2D eigenvalue weighted by Gasteiger charge is -2.32. The molecule has 0 saturated heterocycles. The Hall–Kier alpha value is -1.46. The number of amides is 1. The maximum absolute atomic E-state index is 12.5. The third-order valence-corrected chi connectivity index (χ3v) is 4.22. The van der Waals surface area contributed by atoms with Crippen LogP contribution in [-0.2, 0) is 4.79 Å². The Balaban J connectivity index is 2.23. The molecular formula is C15H21ClN2O3. The molecule has 0 aliphatic heterocycles. The van der Waals surface area contributed by atoms with E-state index in [2.05, 4.69) is 5.32 Å². The Morgan fingerprint density at radius 2 is 1.81 bits per heavy atom. The lowest BCUT2D eigenvalue weighted by Crippen LogP contribution is -2.52. The molecule has 0 aromatic heterocycles. The molecule has 6 heteroatoms. The average Bonchev–Trinajstić information content (AvgIpc) is 2.49. The summed E-state index contributed by atoms with van der Waals surface area (Å²) in [6.07, 6.45) is 4.48. The molecule has 21 heavy (non-hydrogen) atoms. The van der Waals surface area contributed by atoms with Gasteiger partial charge in [0, 0.05) is 12.1 Å². The van der Waals surface area contributed by atoms with Crippen molar-refractivity contribution in [1.82, 2.24) is 0 Å². The van der Waals surface area contributed by atoms with E-state index in [9.17, 15) is 4.79 Å². The van der Waals surface area contributed by atoms with E-state index in [0.717, 1.165) is 19.3 Å². The van der Waals surface area contributed by atoms with Gasteiger partial charge in [0.25, 0.3) is 0 Å². The van der Waals surface area contributed by atoms with Crippen molar-refractivity contribution < 1.29 is 14.3 Å². The molecule has 1 amide bonds. The molecule has 0 radical (unpaired) electrons. The van der Waals surface area contributed by atoms with Crippen LogP contribution in [0.2, 0.25) is 5.02 Å². The van der Waals surface area contributed by atoms with Crippen LogP contribution in [0.25, 0.3) is 0 Å². The minimum absolute atomic E-state index is 0.190. The molecule has 0 spiro atoms. The zero-order valence-electron chi connectivity index (χ0n) is 12.4. The molecular weight excluding hydrogens is 292 g/mol. The van der Waals surface area contributed by atoms with Gasteiger partial charge in [0.2, 0.25) is 5.91 Å². The first-order valence-corrected chi connectivity index (χ1v) is 7.40. The lowest BCUT2D eigenvalue weighted by molar-refractivity contribution is -0.122. The van der Waals surface area contributed by atoms with Crippen molar-refractivity contribution in [3.8, 4) is 11.5 Å². The van der Waals surface area contributed by atoms with E-state index < -0.39 is 5.54 Å². The average molecular weight is 313 g/mol. The standard InChI is InChI=1S/C15H21ClN2O3/c1-20-12-9-11(13(21-2)8-10(12)16)18-14(19)15(17)6-4-3-5-7-15/h8-9H,3-7,17H2,1-2H3,(H,18,19). The van der Waals surface area contributed by atoms with E-state index in [1.54, 1.807) is 12.1 Å². The van der Waals surface area contributed by atoms with Crippen molar-refractivity contribution in [1.29, 1.82) is 0 Å². The van der Waals surface area contributed by atoms with Gasteiger partial charge in [0.05, 0.1) is 30.5 Å². The maximum atomic E-state index is 12.5. The van der Waals surface area contributed by atoms with Crippen molar-refractivity contribution in [2.24, 2.45) is 5.73 Å². The number of ether oxygens (including phenoxy) is 2. The summed E-state index contributed by atoms with van der Waals surface area (Å²) >= 11 is 6.05. The van der Waals surface area contributed by atoms with Crippen molar-refractivity contribution in [2.75, 3.05) is 19.5 Å². The van der Waals surface area contributed by atoms with E-state index in [-0.39, 0.29) is 5.91 Å². The van der Waals surface area contributed by atoms with Crippen molar-refractivity contribution in [3.05, 3.63) is 17.2 Å². The highest BCUT2D eigenvalue weighted by molar-refractivity contribution is 6.32. The van der Waals surface area contributed by atoms with E-state index in [0.29, 0.717) is 35.1 Å². The van der Waals surface area contributed by atoms with Crippen LogP contribution in [-0.4, -0.2) is 25.7 Å². The highest BCUT2D eigenvalue weighted by Crippen LogP contribution is 2.37. The van der Waals surface area contributed by atoms with Gasteiger partial charge in [0.1, 0.15) is 11.5 Å². The first-order valence-electron chi connectivity index (χ1n) is 7.02. The van der Waals surface area contributed by atoms with Crippen LogP contribution in [0, 0.1) is 0 Å². The molecule has 0 atom stereocenters. The number of anilines is 1. The predicted octanol–water partition coefficient (Wildman–Crippen LogP) is 2.96. The van der Waals surface area contributed by atoms with E-state index in [4.69, 9.17) is 26.8 Å². The quantitative estimate of drug-likeness (QED) is 0.896. The maximum Gasteiger partial charge on any atom is 0.244 e. The Morgan fingerprint density at radius 1 is 1.19 bits per heavy atom. The fourth-order valence-electron chi connectivity index (χ4n) is 2.61. The van der Waals surface area contributed by atoms with Gasteiger partial charge in [-0.25, -0.2) is 0 Å². The van der Waals surface area contributed by atoms with Gasteiger partial charge in [0.15, 0.2) is 0 Å².